The van der Waals surface area contributed by atoms with E-state index in [0.717, 1.165) is 25.2 Å². The van der Waals surface area contributed by atoms with Crippen LogP contribution < -0.4 is 5.73 Å². The summed E-state index contributed by atoms with van der Waals surface area (Å²) in [7, 11) is 0. The van der Waals surface area contributed by atoms with Gasteiger partial charge in [-0.25, -0.2) is 9.67 Å². The molecule has 0 atom stereocenters. The molecule has 0 aliphatic heterocycles. The lowest BCUT2D eigenvalue weighted by Gasteiger charge is -2.42. The highest BCUT2D eigenvalue weighted by atomic mass is 16.5. The monoisotopic (exact) mass is 266 g/mol. The topological polar surface area (TPSA) is 66.0 Å². The van der Waals surface area contributed by atoms with Crippen molar-refractivity contribution in [3.05, 3.63) is 12.2 Å². The molecule has 108 valence electrons. The zero-order valence-corrected chi connectivity index (χ0v) is 12.4. The third-order valence-electron chi connectivity index (χ3n) is 4.39. The van der Waals surface area contributed by atoms with Gasteiger partial charge in [0.1, 0.15) is 12.9 Å². The van der Waals surface area contributed by atoms with E-state index in [1.54, 1.807) is 6.33 Å². The smallest absolute Gasteiger partial charge is 0.152 e. The molecule has 2 rings (SSSR count). The summed E-state index contributed by atoms with van der Waals surface area (Å²) in [5, 5.41) is 4.16. The van der Waals surface area contributed by atoms with Gasteiger partial charge in [0.05, 0.1) is 5.60 Å². The molecule has 1 fully saturated rings. The van der Waals surface area contributed by atoms with E-state index in [0.29, 0.717) is 18.6 Å². The van der Waals surface area contributed by atoms with Crippen molar-refractivity contribution in [1.29, 1.82) is 0 Å². The lowest BCUT2D eigenvalue weighted by Crippen LogP contribution is -2.45. The summed E-state index contributed by atoms with van der Waals surface area (Å²) >= 11 is 0. The fourth-order valence-corrected chi connectivity index (χ4v) is 2.67. The van der Waals surface area contributed by atoms with Crippen molar-refractivity contribution in [3.8, 4) is 0 Å². The predicted molar refractivity (Wildman–Crippen MR) is 74.5 cm³/mol. The van der Waals surface area contributed by atoms with E-state index in [-0.39, 0.29) is 5.60 Å². The fraction of sp³-hybridized carbons (Fsp3) is 0.857. The normalized spacial score (nSPS) is 21.5. The van der Waals surface area contributed by atoms with Crippen molar-refractivity contribution in [1.82, 2.24) is 14.8 Å². The quantitative estimate of drug-likeness (QED) is 0.886. The van der Waals surface area contributed by atoms with Crippen molar-refractivity contribution in [2.24, 2.45) is 11.1 Å². The number of rotatable bonds is 5. The molecule has 0 aromatic carbocycles. The number of aryl methyl sites for hydroxylation is 1. The minimum Gasteiger partial charge on any atom is -0.366 e. The SMILES string of the molecule is CCn1ncnc1COC1(CN)CCC(C)(C)CC1. The molecule has 5 nitrogen and oxygen atoms in total. The molecule has 0 bridgehead atoms. The largest absolute Gasteiger partial charge is 0.366 e. The summed E-state index contributed by atoms with van der Waals surface area (Å²) in [6, 6.07) is 0. The van der Waals surface area contributed by atoms with Gasteiger partial charge in [-0.2, -0.15) is 5.10 Å². The van der Waals surface area contributed by atoms with Gasteiger partial charge in [0.2, 0.25) is 0 Å². The number of nitrogens with two attached hydrogens (primary N) is 1. The summed E-state index contributed by atoms with van der Waals surface area (Å²) in [6.07, 6.45) is 6.00. The highest BCUT2D eigenvalue weighted by Gasteiger charge is 2.38. The van der Waals surface area contributed by atoms with Crippen LogP contribution in [0.3, 0.4) is 0 Å². The summed E-state index contributed by atoms with van der Waals surface area (Å²) in [6.45, 7) is 8.61. The van der Waals surface area contributed by atoms with Gasteiger partial charge < -0.3 is 10.5 Å². The molecule has 1 aromatic heterocycles. The number of ether oxygens (including phenoxy) is 1. The number of hydrogen-bond donors (Lipinski definition) is 1. The Kier molecular flexibility index (Phi) is 4.26. The number of hydrogen-bond acceptors (Lipinski definition) is 4. The molecule has 1 saturated carbocycles. The molecule has 0 unspecified atom stereocenters. The van der Waals surface area contributed by atoms with Crippen LogP contribution in [0.2, 0.25) is 0 Å². The summed E-state index contributed by atoms with van der Waals surface area (Å²) < 4.78 is 8.02. The predicted octanol–water partition coefficient (Wildman–Crippen LogP) is 2.11. The molecule has 1 heterocycles. The molecule has 1 aliphatic carbocycles. The highest BCUT2D eigenvalue weighted by molar-refractivity contribution is 4.92. The first kappa shape index (κ1) is 14.5. The average molecular weight is 266 g/mol. The average Bonchev–Trinajstić information content (AvgIpc) is 2.86. The Bertz CT molecular complexity index is 403. The molecule has 0 radical (unpaired) electrons. The van der Waals surface area contributed by atoms with E-state index in [1.165, 1.54) is 12.8 Å². The first-order chi connectivity index (χ1) is 9.00. The summed E-state index contributed by atoms with van der Waals surface area (Å²) in [5.41, 5.74) is 6.22. The Hall–Kier alpha value is -0.940. The maximum atomic E-state index is 6.15. The molecular formula is C14H26N4O. The van der Waals surface area contributed by atoms with Crippen LogP contribution in [0, 0.1) is 5.41 Å². The second-order valence-electron chi connectivity index (χ2n) is 6.33. The molecule has 5 heteroatoms. The number of nitrogens with zero attached hydrogens (tertiary/aromatic N) is 3. The molecule has 1 aliphatic rings. The lowest BCUT2D eigenvalue weighted by atomic mass is 9.71. The van der Waals surface area contributed by atoms with Gasteiger partial charge in [0, 0.05) is 13.1 Å². The Labute approximate surface area is 115 Å². The maximum absolute atomic E-state index is 6.15. The first-order valence-corrected chi connectivity index (χ1v) is 7.21. The van der Waals surface area contributed by atoms with Gasteiger partial charge in [0.15, 0.2) is 5.82 Å². The molecule has 2 N–H and O–H groups in total. The molecule has 0 spiro atoms. The molecule has 0 amide bonds. The van der Waals surface area contributed by atoms with Crippen LogP contribution >= 0.6 is 0 Å². The minimum atomic E-state index is -0.167. The van der Waals surface area contributed by atoms with Gasteiger partial charge in [0.25, 0.3) is 0 Å². The van der Waals surface area contributed by atoms with Gasteiger partial charge in [-0.3, -0.25) is 0 Å². The second-order valence-corrected chi connectivity index (χ2v) is 6.33. The van der Waals surface area contributed by atoms with E-state index < -0.39 is 0 Å². The zero-order valence-electron chi connectivity index (χ0n) is 12.4. The van der Waals surface area contributed by atoms with Crippen LogP contribution in [-0.2, 0) is 17.9 Å². The fourth-order valence-electron chi connectivity index (χ4n) is 2.67. The Morgan fingerprint density at radius 1 is 1.32 bits per heavy atom. The van der Waals surface area contributed by atoms with Crippen LogP contribution in [0.1, 0.15) is 52.3 Å². The minimum absolute atomic E-state index is 0.167. The van der Waals surface area contributed by atoms with Crippen LogP contribution in [0.4, 0.5) is 0 Å². The third kappa shape index (κ3) is 3.34. The van der Waals surface area contributed by atoms with Crippen molar-refractivity contribution in [2.45, 2.75) is 65.2 Å². The zero-order chi connectivity index (χ0) is 13.9. The standard InChI is InChI=1S/C14H26N4O/c1-4-18-12(16-11-17-18)9-19-14(10-15)7-5-13(2,3)6-8-14/h11H,4-10,15H2,1-3H3. The van der Waals surface area contributed by atoms with E-state index in [2.05, 4.69) is 30.9 Å². The maximum Gasteiger partial charge on any atom is 0.152 e. The van der Waals surface area contributed by atoms with Gasteiger partial charge in [-0.1, -0.05) is 13.8 Å². The van der Waals surface area contributed by atoms with Gasteiger partial charge in [-0.05, 0) is 38.0 Å². The van der Waals surface area contributed by atoms with Gasteiger partial charge >= 0.3 is 0 Å². The van der Waals surface area contributed by atoms with Crippen LogP contribution in [0.5, 0.6) is 0 Å². The van der Waals surface area contributed by atoms with Gasteiger partial charge in [-0.15, -0.1) is 0 Å². The lowest BCUT2D eigenvalue weighted by molar-refractivity contribution is -0.0932. The highest BCUT2D eigenvalue weighted by Crippen LogP contribution is 2.41. The third-order valence-corrected chi connectivity index (χ3v) is 4.39. The summed E-state index contributed by atoms with van der Waals surface area (Å²) in [5.74, 6) is 0.889. The van der Waals surface area contributed by atoms with Crippen molar-refractivity contribution >= 4 is 0 Å². The summed E-state index contributed by atoms with van der Waals surface area (Å²) in [4.78, 5) is 4.25. The Morgan fingerprint density at radius 3 is 2.58 bits per heavy atom. The van der Waals surface area contributed by atoms with Crippen LogP contribution in [0.25, 0.3) is 0 Å². The van der Waals surface area contributed by atoms with Crippen molar-refractivity contribution in [3.63, 3.8) is 0 Å². The van der Waals surface area contributed by atoms with Crippen molar-refractivity contribution < 1.29 is 4.74 Å². The number of aromatic nitrogens is 3. The molecule has 0 saturated heterocycles. The second kappa shape index (κ2) is 5.59. The first-order valence-electron chi connectivity index (χ1n) is 7.21. The van der Waals surface area contributed by atoms with E-state index in [4.69, 9.17) is 10.5 Å². The van der Waals surface area contributed by atoms with E-state index in [9.17, 15) is 0 Å². The molecule has 19 heavy (non-hydrogen) atoms. The van der Waals surface area contributed by atoms with Crippen LogP contribution in [-0.4, -0.2) is 26.9 Å². The van der Waals surface area contributed by atoms with E-state index >= 15 is 0 Å². The van der Waals surface area contributed by atoms with E-state index in [1.807, 2.05) is 4.68 Å². The van der Waals surface area contributed by atoms with Crippen LogP contribution in [0.15, 0.2) is 6.33 Å². The Morgan fingerprint density at radius 2 is 2.00 bits per heavy atom. The molecule has 1 aromatic rings. The van der Waals surface area contributed by atoms with Crippen molar-refractivity contribution in [2.75, 3.05) is 6.54 Å². The Balaban J connectivity index is 1.96. The molecular weight excluding hydrogens is 240 g/mol.